The van der Waals surface area contributed by atoms with E-state index < -0.39 is 0 Å². The largest absolute Gasteiger partial charge is 0.396 e. The highest BCUT2D eigenvalue weighted by molar-refractivity contribution is 7.99. The molecule has 0 amide bonds. The Morgan fingerprint density at radius 2 is 2.06 bits per heavy atom. The molecular weight excluding hydrogens is 220 g/mol. The highest BCUT2D eigenvalue weighted by Gasteiger charge is 2.20. The first-order valence-electron chi connectivity index (χ1n) is 5.97. The van der Waals surface area contributed by atoms with Crippen molar-refractivity contribution in [1.29, 1.82) is 0 Å². The van der Waals surface area contributed by atoms with Crippen LogP contribution in [0.4, 0.5) is 0 Å². The molecule has 0 unspecified atom stereocenters. The Morgan fingerprint density at radius 1 is 1.38 bits per heavy atom. The third-order valence-corrected chi connectivity index (χ3v) is 4.42. The number of hydrogen-bond acceptors (Lipinski definition) is 3. The molecule has 1 N–H and O–H groups in total. The number of hydrogen-bond donors (Lipinski definition) is 1. The monoisotopic (exact) mass is 240 g/mol. The number of aliphatic hydroxyl groups excluding tert-OH is 1. The van der Waals surface area contributed by atoms with Gasteiger partial charge in [-0.3, -0.25) is 4.68 Å². The van der Waals surface area contributed by atoms with Crippen molar-refractivity contribution in [3.63, 3.8) is 0 Å². The van der Waals surface area contributed by atoms with Crippen molar-refractivity contribution in [3.8, 4) is 0 Å². The molecule has 1 aromatic heterocycles. The topological polar surface area (TPSA) is 38.0 Å². The molecule has 3 nitrogen and oxygen atoms in total. The van der Waals surface area contributed by atoms with Gasteiger partial charge in [0.25, 0.3) is 0 Å². The minimum atomic E-state index is 0.216. The van der Waals surface area contributed by atoms with E-state index in [1.54, 1.807) is 0 Å². The van der Waals surface area contributed by atoms with Gasteiger partial charge in [0.15, 0.2) is 0 Å². The molecule has 1 aliphatic rings. The Kier molecular flexibility index (Phi) is 3.92. The van der Waals surface area contributed by atoms with E-state index in [-0.39, 0.29) is 6.61 Å². The van der Waals surface area contributed by atoms with Gasteiger partial charge in [-0.1, -0.05) is 0 Å². The van der Waals surface area contributed by atoms with Crippen LogP contribution in [0.1, 0.15) is 35.8 Å². The number of thioether (sulfide) groups is 1. The second-order valence-electron chi connectivity index (χ2n) is 4.41. The fourth-order valence-corrected chi connectivity index (χ4v) is 3.54. The maximum absolute atomic E-state index is 9.05. The molecule has 4 heteroatoms. The number of aromatic nitrogens is 2. The average molecular weight is 240 g/mol. The molecule has 1 saturated heterocycles. The lowest BCUT2D eigenvalue weighted by Crippen LogP contribution is -2.17. The van der Waals surface area contributed by atoms with E-state index in [1.807, 2.05) is 18.7 Å². The first kappa shape index (κ1) is 12.0. The maximum atomic E-state index is 9.05. The zero-order valence-electron chi connectivity index (χ0n) is 10.1. The molecule has 1 fully saturated rings. The summed E-state index contributed by atoms with van der Waals surface area (Å²) in [5.41, 5.74) is 3.58. The van der Waals surface area contributed by atoms with E-state index in [1.165, 1.54) is 35.6 Å². The van der Waals surface area contributed by atoms with Crippen LogP contribution in [0.15, 0.2) is 0 Å². The first-order valence-corrected chi connectivity index (χ1v) is 7.12. The summed E-state index contributed by atoms with van der Waals surface area (Å²) >= 11 is 2.04. The van der Waals surface area contributed by atoms with E-state index in [0.29, 0.717) is 6.04 Å². The van der Waals surface area contributed by atoms with Gasteiger partial charge in [-0.05, 0) is 50.2 Å². The zero-order chi connectivity index (χ0) is 11.5. The summed E-state index contributed by atoms with van der Waals surface area (Å²) in [6, 6.07) is 0.576. The second-order valence-corrected chi connectivity index (χ2v) is 5.64. The van der Waals surface area contributed by atoms with Crippen molar-refractivity contribution in [2.45, 2.75) is 39.2 Å². The van der Waals surface area contributed by atoms with Gasteiger partial charge >= 0.3 is 0 Å². The Morgan fingerprint density at radius 3 is 2.69 bits per heavy atom. The standard InChI is InChI=1S/C12H20N2OS/c1-9-12(3-6-15)10(2)14(13-9)11-4-7-16-8-5-11/h11,15H,3-8H2,1-2H3. The first-order chi connectivity index (χ1) is 7.74. The van der Waals surface area contributed by atoms with Crippen molar-refractivity contribution in [2.24, 2.45) is 0 Å². The number of aliphatic hydroxyl groups is 1. The fourth-order valence-electron chi connectivity index (χ4n) is 2.46. The minimum Gasteiger partial charge on any atom is -0.396 e. The van der Waals surface area contributed by atoms with Gasteiger partial charge in [0.05, 0.1) is 11.7 Å². The zero-order valence-corrected chi connectivity index (χ0v) is 10.9. The predicted octanol–water partition coefficient (Wildman–Crippen LogP) is 2.10. The van der Waals surface area contributed by atoms with E-state index in [4.69, 9.17) is 5.11 Å². The lowest BCUT2D eigenvalue weighted by atomic mass is 10.1. The van der Waals surface area contributed by atoms with E-state index >= 15 is 0 Å². The van der Waals surface area contributed by atoms with Gasteiger partial charge in [0, 0.05) is 12.3 Å². The van der Waals surface area contributed by atoms with Crippen LogP contribution >= 0.6 is 11.8 Å². The highest BCUT2D eigenvalue weighted by Crippen LogP contribution is 2.29. The molecule has 2 heterocycles. The van der Waals surface area contributed by atoms with E-state index in [2.05, 4.69) is 16.7 Å². The summed E-state index contributed by atoms with van der Waals surface area (Å²) in [4.78, 5) is 0. The Labute approximate surface area is 101 Å². The van der Waals surface area contributed by atoms with Crippen LogP contribution in [-0.2, 0) is 6.42 Å². The fraction of sp³-hybridized carbons (Fsp3) is 0.750. The summed E-state index contributed by atoms with van der Waals surface area (Å²) in [7, 11) is 0. The quantitative estimate of drug-likeness (QED) is 0.879. The van der Waals surface area contributed by atoms with Crippen LogP contribution in [0.3, 0.4) is 0 Å². The van der Waals surface area contributed by atoms with Gasteiger partial charge in [0.2, 0.25) is 0 Å². The van der Waals surface area contributed by atoms with Crippen LogP contribution in [0.2, 0.25) is 0 Å². The summed E-state index contributed by atoms with van der Waals surface area (Å²) < 4.78 is 2.19. The summed E-state index contributed by atoms with van der Waals surface area (Å²) in [6.45, 7) is 4.40. The Hall–Kier alpha value is -0.480. The molecule has 0 atom stereocenters. The highest BCUT2D eigenvalue weighted by atomic mass is 32.2. The molecule has 90 valence electrons. The molecule has 0 aromatic carbocycles. The van der Waals surface area contributed by atoms with Crippen LogP contribution in [0, 0.1) is 13.8 Å². The van der Waals surface area contributed by atoms with E-state index in [9.17, 15) is 0 Å². The second kappa shape index (κ2) is 5.23. The van der Waals surface area contributed by atoms with Gasteiger partial charge in [-0.15, -0.1) is 0 Å². The van der Waals surface area contributed by atoms with Gasteiger partial charge in [-0.25, -0.2) is 0 Å². The van der Waals surface area contributed by atoms with Crippen molar-refractivity contribution < 1.29 is 5.11 Å². The molecule has 0 saturated carbocycles. The molecule has 16 heavy (non-hydrogen) atoms. The third-order valence-electron chi connectivity index (χ3n) is 3.37. The molecule has 1 aliphatic heterocycles. The maximum Gasteiger partial charge on any atom is 0.0629 e. The SMILES string of the molecule is Cc1nn(C2CCSCC2)c(C)c1CCO. The molecule has 1 aromatic rings. The molecule has 0 spiro atoms. The van der Waals surface area contributed by atoms with Gasteiger partial charge in [-0.2, -0.15) is 16.9 Å². The molecule has 2 rings (SSSR count). The van der Waals surface area contributed by atoms with Gasteiger partial charge < -0.3 is 5.11 Å². The van der Waals surface area contributed by atoms with Crippen LogP contribution in [-0.4, -0.2) is 33.0 Å². The minimum absolute atomic E-state index is 0.216. The molecule has 0 aliphatic carbocycles. The number of nitrogens with zero attached hydrogens (tertiary/aromatic N) is 2. The van der Waals surface area contributed by atoms with Crippen LogP contribution < -0.4 is 0 Å². The van der Waals surface area contributed by atoms with Crippen LogP contribution in [0.25, 0.3) is 0 Å². The number of aryl methyl sites for hydroxylation is 1. The normalized spacial score (nSPS) is 17.9. The number of rotatable bonds is 3. The molecular formula is C12H20N2OS. The smallest absolute Gasteiger partial charge is 0.0629 e. The Balaban J connectivity index is 2.23. The van der Waals surface area contributed by atoms with E-state index in [0.717, 1.165) is 12.1 Å². The van der Waals surface area contributed by atoms with Crippen molar-refractivity contribution in [3.05, 3.63) is 17.0 Å². The molecule has 0 radical (unpaired) electrons. The predicted molar refractivity (Wildman–Crippen MR) is 68.1 cm³/mol. The van der Waals surface area contributed by atoms with Gasteiger partial charge in [0.1, 0.15) is 0 Å². The van der Waals surface area contributed by atoms with Crippen molar-refractivity contribution in [1.82, 2.24) is 9.78 Å². The summed E-state index contributed by atoms with van der Waals surface area (Å²) in [5, 5.41) is 13.7. The lowest BCUT2D eigenvalue weighted by molar-refractivity contribution is 0.299. The third kappa shape index (κ3) is 2.28. The van der Waals surface area contributed by atoms with Crippen LogP contribution in [0.5, 0.6) is 0 Å². The lowest BCUT2D eigenvalue weighted by Gasteiger charge is -2.23. The average Bonchev–Trinajstić information content (AvgIpc) is 2.59. The molecule has 0 bridgehead atoms. The van der Waals surface area contributed by atoms with Crippen molar-refractivity contribution in [2.75, 3.05) is 18.1 Å². The summed E-state index contributed by atoms with van der Waals surface area (Å²) in [5.74, 6) is 2.50. The summed E-state index contributed by atoms with van der Waals surface area (Å²) in [6.07, 6.45) is 3.19. The van der Waals surface area contributed by atoms with Crippen molar-refractivity contribution >= 4 is 11.8 Å². The Bertz CT molecular complexity index is 356.